The van der Waals surface area contributed by atoms with Crippen LogP contribution in [0.4, 0.5) is 5.82 Å². The van der Waals surface area contributed by atoms with E-state index in [0.29, 0.717) is 0 Å². The topological polar surface area (TPSA) is 51.6 Å². The average molecular weight is 278 g/mol. The summed E-state index contributed by atoms with van der Waals surface area (Å²) in [6.07, 6.45) is 3.02. The lowest BCUT2D eigenvalue weighted by atomic mass is 10.2. The molecule has 2 rings (SSSR count). The molecule has 2 heterocycles. The highest BCUT2D eigenvalue weighted by atomic mass is 16.3. The van der Waals surface area contributed by atoms with Crippen LogP contribution in [0.5, 0.6) is 0 Å². The Labute approximate surface area is 121 Å². The summed E-state index contributed by atoms with van der Waals surface area (Å²) in [5.41, 5.74) is 1.27. The minimum atomic E-state index is 0.246. The molecule has 0 bridgehead atoms. The number of hydrogen-bond donors (Lipinski definition) is 2. The highest BCUT2D eigenvalue weighted by molar-refractivity contribution is 5.47. The molecular weight excluding hydrogens is 252 g/mol. The van der Waals surface area contributed by atoms with Gasteiger partial charge in [-0.15, -0.1) is 0 Å². The minimum Gasteiger partial charge on any atom is -0.395 e. The van der Waals surface area contributed by atoms with Gasteiger partial charge < -0.3 is 15.3 Å². The van der Waals surface area contributed by atoms with Gasteiger partial charge in [-0.3, -0.25) is 4.90 Å². The van der Waals surface area contributed by atoms with Crippen molar-refractivity contribution in [2.45, 2.75) is 19.9 Å². The molecule has 1 fully saturated rings. The van der Waals surface area contributed by atoms with Crippen LogP contribution in [0.15, 0.2) is 18.3 Å². The van der Waals surface area contributed by atoms with Crippen molar-refractivity contribution in [1.82, 2.24) is 15.2 Å². The lowest BCUT2D eigenvalue weighted by Gasteiger charge is -2.35. The van der Waals surface area contributed by atoms with Gasteiger partial charge in [-0.25, -0.2) is 4.98 Å². The number of aliphatic hydroxyl groups is 1. The molecule has 2 N–H and O–H groups in total. The van der Waals surface area contributed by atoms with Gasteiger partial charge in [-0.05, 0) is 19.0 Å². The number of anilines is 1. The molecule has 0 spiro atoms. The van der Waals surface area contributed by atoms with Crippen LogP contribution in [0.2, 0.25) is 0 Å². The molecule has 20 heavy (non-hydrogen) atoms. The zero-order valence-electron chi connectivity index (χ0n) is 12.4. The second kappa shape index (κ2) is 8.19. The quantitative estimate of drug-likeness (QED) is 0.719. The van der Waals surface area contributed by atoms with Crippen molar-refractivity contribution in [1.29, 1.82) is 0 Å². The van der Waals surface area contributed by atoms with E-state index in [2.05, 4.69) is 33.1 Å². The summed E-state index contributed by atoms with van der Waals surface area (Å²) >= 11 is 0. The SMILES string of the molecule is CCCNCc1cccnc1N1CCN(CCO)CC1. The lowest BCUT2D eigenvalue weighted by molar-refractivity contribution is 0.188. The molecule has 5 heteroatoms. The van der Waals surface area contributed by atoms with E-state index in [0.717, 1.165) is 58.1 Å². The maximum atomic E-state index is 8.99. The van der Waals surface area contributed by atoms with Crippen LogP contribution >= 0.6 is 0 Å². The molecule has 1 aliphatic rings. The normalized spacial score (nSPS) is 16.6. The van der Waals surface area contributed by atoms with Gasteiger partial charge >= 0.3 is 0 Å². The molecule has 0 atom stereocenters. The molecule has 1 saturated heterocycles. The monoisotopic (exact) mass is 278 g/mol. The van der Waals surface area contributed by atoms with Crippen molar-refractivity contribution < 1.29 is 5.11 Å². The van der Waals surface area contributed by atoms with E-state index in [9.17, 15) is 0 Å². The third kappa shape index (κ3) is 4.16. The van der Waals surface area contributed by atoms with Gasteiger partial charge in [0.25, 0.3) is 0 Å². The molecule has 1 aromatic heterocycles. The highest BCUT2D eigenvalue weighted by Crippen LogP contribution is 2.18. The van der Waals surface area contributed by atoms with Crippen molar-refractivity contribution in [3.8, 4) is 0 Å². The van der Waals surface area contributed by atoms with E-state index in [-0.39, 0.29) is 6.61 Å². The van der Waals surface area contributed by atoms with Crippen molar-refractivity contribution in [3.63, 3.8) is 0 Å². The second-order valence-corrected chi connectivity index (χ2v) is 5.22. The highest BCUT2D eigenvalue weighted by Gasteiger charge is 2.19. The maximum Gasteiger partial charge on any atom is 0.133 e. The van der Waals surface area contributed by atoms with Gasteiger partial charge in [-0.1, -0.05) is 13.0 Å². The molecule has 0 aromatic carbocycles. The Morgan fingerprint density at radius 3 is 2.80 bits per heavy atom. The van der Waals surface area contributed by atoms with Crippen LogP contribution in [0.3, 0.4) is 0 Å². The third-order valence-electron chi connectivity index (χ3n) is 3.70. The van der Waals surface area contributed by atoms with Gasteiger partial charge in [0.1, 0.15) is 5.82 Å². The summed E-state index contributed by atoms with van der Waals surface area (Å²) in [4.78, 5) is 9.23. The number of nitrogens with zero attached hydrogens (tertiary/aromatic N) is 3. The lowest BCUT2D eigenvalue weighted by Crippen LogP contribution is -2.47. The summed E-state index contributed by atoms with van der Waals surface area (Å²) in [5.74, 6) is 1.11. The van der Waals surface area contributed by atoms with Gasteiger partial charge in [0.15, 0.2) is 0 Å². The van der Waals surface area contributed by atoms with Crippen LogP contribution in [-0.4, -0.2) is 60.9 Å². The first-order valence-electron chi connectivity index (χ1n) is 7.58. The first-order chi connectivity index (χ1) is 9.85. The van der Waals surface area contributed by atoms with Crippen LogP contribution in [0, 0.1) is 0 Å². The Hall–Kier alpha value is -1.17. The number of nitrogens with one attached hydrogen (secondary N) is 1. The average Bonchev–Trinajstić information content (AvgIpc) is 2.49. The zero-order chi connectivity index (χ0) is 14.2. The van der Waals surface area contributed by atoms with Crippen molar-refractivity contribution in [3.05, 3.63) is 23.9 Å². The Morgan fingerprint density at radius 2 is 2.10 bits per heavy atom. The Balaban J connectivity index is 1.95. The fourth-order valence-electron chi connectivity index (χ4n) is 2.58. The molecule has 1 aliphatic heterocycles. The van der Waals surface area contributed by atoms with Gasteiger partial charge in [0.05, 0.1) is 6.61 Å². The Kier molecular flexibility index (Phi) is 6.24. The fraction of sp³-hybridized carbons (Fsp3) is 0.667. The van der Waals surface area contributed by atoms with E-state index in [4.69, 9.17) is 5.11 Å². The number of hydrogen-bond acceptors (Lipinski definition) is 5. The van der Waals surface area contributed by atoms with E-state index in [1.165, 1.54) is 5.56 Å². The first kappa shape index (κ1) is 15.2. The predicted molar refractivity (Wildman–Crippen MR) is 82.0 cm³/mol. The molecule has 0 unspecified atom stereocenters. The first-order valence-corrected chi connectivity index (χ1v) is 7.58. The summed E-state index contributed by atoms with van der Waals surface area (Å²) < 4.78 is 0. The Bertz CT molecular complexity index is 391. The number of rotatable bonds is 7. The maximum absolute atomic E-state index is 8.99. The van der Waals surface area contributed by atoms with Crippen molar-refractivity contribution >= 4 is 5.82 Å². The number of aliphatic hydroxyl groups excluding tert-OH is 1. The third-order valence-corrected chi connectivity index (χ3v) is 3.70. The standard InChI is InChI=1S/C15H26N4O/c1-2-5-16-13-14-4-3-6-17-15(14)19-9-7-18(8-10-19)11-12-20/h3-4,6,16,20H,2,5,7-13H2,1H3. The van der Waals surface area contributed by atoms with E-state index in [1.54, 1.807) is 0 Å². The number of piperazine rings is 1. The summed E-state index contributed by atoms with van der Waals surface area (Å²) in [6, 6.07) is 4.17. The van der Waals surface area contributed by atoms with Gasteiger partial charge in [0.2, 0.25) is 0 Å². The van der Waals surface area contributed by atoms with Crippen LogP contribution in [-0.2, 0) is 6.54 Å². The molecule has 0 saturated carbocycles. The molecule has 0 aliphatic carbocycles. The second-order valence-electron chi connectivity index (χ2n) is 5.22. The molecule has 1 aromatic rings. The summed E-state index contributed by atoms with van der Waals surface area (Å²) in [5, 5.41) is 12.4. The van der Waals surface area contributed by atoms with Crippen LogP contribution < -0.4 is 10.2 Å². The molecular formula is C15H26N4O. The van der Waals surface area contributed by atoms with Crippen molar-refractivity contribution in [2.24, 2.45) is 0 Å². The molecule has 5 nitrogen and oxygen atoms in total. The molecule has 0 radical (unpaired) electrons. The Morgan fingerprint density at radius 1 is 1.30 bits per heavy atom. The summed E-state index contributed by atoms with van der Waals surface area (Å²) in [7, 11) is 0. The minimum absolute atomic E-state index is 0.246. The van der Waals surface area contributed by atoms with Crippen molar-refractivity contribution in [2.75, 3.05) is 50.8 Å². The zero-order valence-corrected chi connectivity index (χ0v) is 12.4. The van der Waals surface area contributed by atoms with E-state index >= 15 is 0 Å². The number of aromatic nitrogens is 1. The summed E-state index contributed by atoms with van der Waals surface area (Å²) in [6.45, 7) is 9.09. The predicted octanol–water partition coefficient (Wildman–Crippen LogP) is 0.695. The molecule has 0 amide bonds. The number of pyridine rings is 1. The van der Waals surface area contributed by atoms with Crippen LogP contribution in [0.1, 0.15) is 18.9 Å². The van der Waals surface area contributed by atoms with Crippen LogP contribution in [0.25, 0.3) is 0 Å². The fourth-order valence-corrected chi connectivity index (χ4v) is 2.58. The van der Waals surface area contributed by atoms with E-state index in [1.807, 2.05) is 12.3 Å². The van der Waals surface area contributed by atoms with Gasteiger partial charge in [0, 0.05) is 51.0 Å². The molecule has 112 valence electrons. The van der Waals surface area contributed by atoms with E-state index < -0.39 is 0 Å². The van der Waals surface area contributed by atoms with Gasteiger partial charge in [-0.2, -0.15) is 0 Å². The smallest absolute Gasteiger partial charge is 0.133 e. The largest absolute Gasteiger partial charge is 0.395 e. The number of β-amino-alcohol motifs (C(OH)–C–C–N with tert-alkyl or cyclic N) is 1.